The third kappa shape index (κ3) is 4.77. The van der Waals surface area contributed by atoms with Crippen molar-refractivity contribution in [2.45, 2.75) is 25.0 Å². The highest BCUT2D eigenvalue weighted by Crippen LogP contribution is 2.50. The first-order valence-electron chi connectivity index (χ1n) is 13.6. The Bertz CT molecular complexity index is 1550. The summed E-state index contributed by atoms with van der Waals surface area (Å²) in [6.07, 6.45) is 1.99. The van der Waals surface area contributed by atoms with Crippen LogP contribution in [0.15, 0.2) is 78.9 Å². The molecule has 6 rings (SSSR count). The SMILES string of the molecule is COc1ccccc1C1SCC(=O)N(CC(=O)N2CCCC2)c2c1c(-c1ccccc1)nn2-c1ccccc1C. The van der Waals surface area contributed by atoms with E-state index in [1.54, 1.807) is 23.8 Å². The number of thioether (sulfide) groups is 1. The molecule has 1 fully saturated rings. The van der Waals surface area contributed by atoms with Crippen molar-refractivity contribution >= 4 is 29.4 Å². The van der Waals surface area contributed by atoms with Crippen molar-refractivity contribution in [3.8, 4) is 22.7 Å². The molecule has 2 amide bonds. The molecule has 2 aliphatic heterocycles. The fraction of sp³-hybridized carbons (Fsp3) is 0.281. The van der Waals surface area contributed by atoms with Crippen LogP contribution in [0.25, 0.3) is 16.9 Å². The number of hydrogen-bond donors (Lipinski definition) is 0. The minimum Gasteiger partial charge on any atom is -0.496 e. The van der Waals surface area contributed by atoms with Crippen molar-refractivity contribution in [1.29, 1.82) is 0 Å². The number of fused-ring (bicyclic) bond motifs is 1. The molecule has 1 atom stereocenters. The van der Waals surface area contributed by atoms with Crippen LogP contribution >= 0.6 is 11.8 Å². The number of carbonyl (C=O) groups excluding carboxylic acids is 2. The van der Waals surface area contributed by atoms with Gasteiger partial charge in [0.1, 0.15) is 18.1 Å². The van der Waals surface area contributed by atoms with Crippen LogP contribution in [0.1, 0.15) is 34.8 Å². The molecule has 3 aromatic carbocycles. The molecule has 0 spiro atoms. The van der Waals surface area contributed by atoms with Gasteiger partial charge in [-0.3, -0.25) is 14.5 Å². The Morgan fingerprint density at radius 1 is 0.975 bits per heavy atom. The predicted molar refractivity (Wildman–Crippen MR) is 159 cm³/mol. The molecule has 8 heteroatoms. The van der Waals surface area contributed by atoms with Gasteiger partial charge in [-0.25, -0.2) is 4.68 Å². The van der Waals surface area contributed by atoms with Crippen molar-refractivity contribution in [1.82, 2.24) is 14.7 Å². The van der Waals surface area contributed by atoms with Crippen molar-refractivity contribution in [2.24, 2.45) is 0 Å². The Morgan fingerprint density at radius 3 is 2.42 bits per heavy atom. The molecule has 1 saturated heterocycles. The molecule has 0 saturated carbocycles. The van der Waals surface area contributed by atoms with Crippen LogP contribution in [-0.4, -0.2) is 59.0 Å². The van der Waals surface area contributed by atoms with Gasteiger partial charge in [0.05, 0.1) is 29.5 Å². The lowest BCUT2D eigenvalue weighted by atomic mass is 9.99. The molecule has 0 radical (unpaired) electrons. The molecule has 3 heterocycles. The molecular weight excluding hydrogens is 520 g/mol. The molecule has 204 valence electrons. The summed E-state index contributed by atoms with van der Waals surface area (Å²) in [5, 5.41) is 4.96. The Hall–Kier alpha value is -4.04. The lowest BCUT2D eigenvalue weighted by molar-refractivity contribution is -0.130. The van der Waals surface area contributed by atoms with Crippen molar-refractivity contribution in [3.63, 3.8) is 0 Å². The molecular formula is C32H32N4O3S. The third-order valence-electron chi connectivity index (χ3n) is 7.65. The third-order valence-corrected chi connectivity index (χ3v) is 8.89. The van der Waals surface area contributed by atoms with Gasteiger partial charge in [-0.15, -0.1) is 11.8 Å². The Morgan fingerprint density at radius 2 is 1.68 bits per heavy atom. The summed E-state index contributed by atoms with van der Waals surface area (Å²) in [5.41, 5.74) is 5.51. The molecule has 1 unspecified atom stereocenters. The highest BCUT2D eigenvalue weighted by atomic mass is 32.2. The van der Waals surface area contributed by atoms with Crippen molar-refractivity contribution < 1.29 is 14.3 Å². The zero-order valence-electron chi connectivity index (χ0n) is 22.7. The van der Waals surface area contributed by atoms with Gasteiger partial charge in [-0.05, 0) is 37.5 Å². The molecule has 0 aliphatic carbocycles. The monoisotopic (exact) mass is 552 g/mol. The number of amides is 2. The van der Waals surface area contributed by atoms with Crippen molar-refractivity contribution in [2.75, 3.05) is 37.4 Å². The number of rotatable bonds is 6. The number of nitrogens with zero attached hydrogens (tertiary/aromatic N) is 4. The quantitative estimate of drug-likeness (QED) is 0.309. The van der Waals surface area contributed by atoms with Crippen molar-refractivity contribution in [3.05, 3.63) is 95.6 Å². The van der Waals surface area contributed by atoms with Gasteiger partial charge < -0.3 is 9.64 Å². The number of carbonyl (C=O) groups is 2. The fourth-order valence-corrected chi connectivity index (χ4v) is 6.85. The second-order valence-electron chi connectivity index (χ2n) is 10.2. The minimum atomic E-state index is -0.241. The van der Waals surface area contributed by atoms with Crippen LogP contribution in [0.2, 0.25) is 0 Å². The van der Waals surface area contributed by atoms with Gasteiger partial charge in [0.2, 0.25) is 11.8 Å². The van der Waals surface area contributed by atoms with Crippen LogP contribution in [-0.2, 0) is 9.59 Å². The van der Waals surface area contributed by atoms with Gasteiger partial charge in [0.15, 0.2) is 0 Å². The normalized spacial score (nSPS) is 17.1. The summed E-state index contributed by atoms with van der Waals surface area (Å²) in [7, 11) is 1.67. The smallest absolute Gasteiger partial charge is 0.242 e. The number of ether oxygens (including phenoxy) is 1. The summed E-state index contributed by atoms with van der Waals surface area (Å²) in [5.74, 6) is 1.49. The number of anilines is 1. The number of hydrogen-bond acceptors (Lipinski definition) is 5. The van der Waals surface area contributed by atoms with E-state index in [0.29, 0.717) is 5.82 Å². The van der Waals surface area contributed by atoms with E-state index in [2.05, 4.69) is 6.07 Å². The Labute approximate surface area is 238 Å². The lowest BCUT2D eigenvalue weighted by Crippen LogP contribution is -2.43. The van der Waals surface area contributed by atoms with E-state index in [1.807, 2.05) is 89.3 Å². The maximum Gasteiger partial charge on any atom is 0.242 e. The summed E-state index contributed by atoms with van der Waals surface area (Å²) in [6, 6.07) is 26.0. The average Bonchev–Trinajstić information content (AvgIpc) is 3.64. The number of para-hydroxylation sites is 2. The van der Waals surface area contributed by atoms with E-state index in [1.165, 1.54) is 0 Å². The van der Waals surface area contributed by atoms with E-state index < -0.39 is 0 Å². The topological polar surface area (TPSA) is 67.7 Å². The average molecular weight is 553 g/mol. The summed E-state index contributed by atoms with van der Waals surface area (Å²) >= 11 is 1.55. The minimum absolute atomic E-state index is 0.0170. The molecule has 7 nitrogen and oxygen atoms in total. The van der Waals surface area contributed by atoms with Gasteiger partial charge in [0, 0.05) is 29.8 Å². The predicted octanol–water partition coefficient (Wildman–Crippen LogP) is 5.65. The van der Waals surface area contributed by atoms with E-state index in [0.717, 1.165) is 65.3 Å². The molecule has 40 heavy (non-hydrogen) atoms. The van der Waals surface area contributed by atoms with Crippen LogP contribution in [0.4, 0.5) is 5.82 Å². The Kier molecular flexibility index (Phi) is 7.34. The van der Waals surface area contributed by atoms with Crippen LogP contribution in [0.3, 0.4) is 0 Å². The Balaban J connectivity index is 1.63. The first kappa shape index (κ1) is 26.2. The van der Waals surface area contributed by atoms with Crippen LogP contribution < -0.4 is 9.64 Å². The van der Waals surface area contributed by atoms with Crippen LogP contribution in [0.5, 0.6) is 5.75 Å². The zero-order chi connectivity index (χ0) is 27.6. The second kappa shape index (κ2) is 11.2. The summed E-state index contributed by atoms with van der Waals surface area (Å²) < 4.78 is 7.67. The first-order chi connectivity index (χ1) is 19.6. The highest BCUT2D eigenvalue weighted by molar-refractivity contribution is 8.00. The number of aromatic nitrogens is 2. The number of methoxy groups -OCH3 is 1. The zero-order valence-corrected chi connectivity index (χ0v) is 23.6. The maximum absolute atomic E-state index is 13.9. The first-order valence-corrected chi connectivity index (χ1v) is 14.7. The summed E-state index contributed by atoms with van der Waals surface area (Å²) in [4.78, 5) is 31.0. The number of aryl methyl sites for hydroxylation is 1. The molecule has 0 bridgehead atoms. The number of likely N-dealkylation sites (tertiary alicyclic amines) is 1. The lowest BCUT2D eigenvalue weighted by Gasteiger charge is -2.26. The van der Waals surface area contributed by atoms with E-state index in [4.69, 9.17) is 9.84 Å². The van der Waals surface area contributed by atoms with Crippen LogP contribution in [0, 0.1) is 6.92 Å². The molecule has 1 aromatic heterocycles. The number of benzene rings is 3. The standard InChI is InChI=1S/C32H32N4O3S/c1-22-12-6-8-16-25(22)36-32-29(30(33-36)23-13-4-3-5-14-23)31(24-15-7-9-17-26(24)39-2)40-21-28(38)35(32)20-27(37)34-18-10-11-19-34/h3-9,12-17,31H,10-11,18-21H2,1-2H3. The van der Waals surface area contributed by atoms with E-state index in [9.17, 15) is 9.59 Å². The maximum atomic E-state index is 13.9. The van der Waals surface area contributed by atoms with E-state index in [-0.39, 0.29) is 29.4 Å². The second-order valence-corrected chi connectivity index (χ2v) is 11.2. The largest absolute Gasteiger partial charge is 0.496 e. The summed E-state index contributed by atoms with van der Waals surface area (Å²) in [6.45, 7) is 3.49. The molecule has 4 aromatic rings. The van der Waals surface area contributed by atoms with Gasteiger partial charge in [0.25, 0.3) is 0 Å². The van der Waals surface area contributed by atoms with Gasteiger partial charge >= 0.3 is 0 Å². The molecule has 2 aliphatic rings. The van der Waals surface area contributed by atoms with E-state index >= 15 is 0 Å². The van der Waals surface area contributed by atoms with Gasteiger partial charge in [-0.1, -0.05) is 66.7 Å². The van der Waals surface area contributed by atoms with Gasteiger partial charge in [-0.2, -0.15) is 5.10 Å². The fourth-order valence-electron chi connectivity index (χ4n) is 5.63. The highest BCUT2D eigenvalue weighted by Gasteiger charge is 2.39. The molecule has 0 N–H and O–H groups in total.